The molecule has 14 heavy (non-hydrogen) atoms. The van der Waals surface area contributed by atoms with E-state index >= 15 is 0 Å². The van der Waals surface area contributed by atoms with E-state index in [0.29, 0.717) is 13.0 Å². The van der Waals surface area contributed by atoms with E-state index in [1.807, 2.05) is 18.2 Å². The number of aromatic nitrogens is 2. The van der Waals surface area contributed by atoms with Gasteiger partial charge in [-0.1, -0.05) is 0 Å². The Balaban J connectivity index is 2.37. The third-order valence-corrected chi connectivity index (χ3v) is 2.17. The van der Waals surface area contributed by atoms with Crippen LogP contribution in [0.4, 0.5) is 10.1 Å². The molecular formula is C10H12FN3. The number of hydrogen-bond acceptors (Lipinski definition) is 2. The van der Waals surface area contributed by atoms with Gasteiger partial charge in [0.25, 0.3) is 0 Å². The molecule has 2 rings (SSSR count). The van der Waals surface area contributed by atoms with Crippen LogP contribution in [0.3, 0.4) is 0 Å². The number of nitrogens with zero attached hydrogens (tertiary/aromatic N) is 2. The number of alkyl halides is 1. The second-order valence-electron chi connectivity index (χ2n) is 3.23. The van der Waals surface area contributed by atoms with Crippen LogP contribution in [0, 0.1) is 0 Å². The maximum atomic E-state index is 12.0. The molecule has 4 heteroatoms. The maximum absolute atomic E-state index is 12.0. The molecule has 0 bridgehead atoms. The second-order valence-corrected chi connectivity index (χ2v) is 3.23. The zero-order chi connectivity index (χ0) is 9.97. The molecule has 0 aliphatic heterocycles. The summed E-state index contributed by atoms with van der Waals surface area (Å²) < 4.78 is 13.8. The molecule has 0 saturated carbocycles. The summed E-state index contributed by atoms with van der Waals surface area (Å²) in [6.45, 7) is 0.306. The molecule has 2 N–H and O–H groups in total. The molecule has 1 aromatic carbocycles. The van der Waals surface area contributed by atoms with Crippen molar-refractivity contribution >= 4 is 16.6 Å². The zero-order valence-electron chi connectivity index (χ0n) is 7.78. The van der Waals surface area contributed by atoms with Crippen molar-refractivity contribution in [3.63, 3.8) is 0 Å². The van der Waals surface area contributed by atoms with Crippen LogP contribution in [0.2, 0.25) is 0 Å². The lowest BCUT2D eigenvalue weighted by molar-refractivity contribution is 0.439. The van der Waals surface area contributed by atoms with Crippen molar-refractivity contribution in [2.24, 2.45) is 0 Å². The minimum Gasteiger partial charge on any atom is -0.399 e. The van der Waals surface area contributed by atoms with Gasteiger partial charge in [0.1, 0.15) is 0 Å². The van der Waals surface area contributed by atoms with Crippen LogP contribution in [0.15, 0.2) is 24.4 Å². The third kappa shape index (κ3) is 1.55. The summed E-state index contributed by atoms with van der Waals surface area (Å²) in [5.74, 6) is 0. The molecule has 3 nitrogen and oxygen atoms in total. The van der Waals surface area contributed by atoms with Gasteiger partial charge < -0.3 is 5.73 Å². The largest absolute Gasteiger partial charge is 0.399 e. The van der Waals surface area contributed by atoms with Crippen molar-refractivity contribution in [1.82, 2.24) is 9.78 Å². The fourth-order valence-corrected chi connectivity index (χ4v) is 1.49. The smallest absolute Gasteiger partial charge is 0.0912 e. The van der Waals surface area contributed by atoms with Gasteiger partial charge in [-0.15, -0.1) is 0 Å². The van der Waals surface area contributed by atoms with E-state index in [1.54, 1.807) is 10.9 Å². The topological polar surface area (TPSA) is 43.8 Å². The molecule has 0 saturated heterocycles. The molecule has 0 amide bonds. The van der Waals surface area contributed by atoms with Gasteiger partial charge in [-0.2, -0.15) is 5.10 Å². The molecule has 2 aromatic rings. The highest BCUT2D eigenvalue weighted by atomic mass is 19.1. The predicted molar refractivity (Wildman–Crippen MR) is 54.7 cm³/mol. The fourth-order valence-electron chi connectivity index (χ4n) is 1.49. The number of anilines is 1. The molecule has 1 heterocycles. The van der Waals surface area contributed by atoms with Crippen molar-refractivity contribution in [2.45, 2.75) is 13.0 Å². The predicted octanol–water partition coefficient (Wildman–Crippen LogP) is 1.98. The number of nitrogen functional groups attached to an aromatic ring is 1. The van der Waals surface area contributed by atoms with Crippen molar-refractivity contribution in [3.05, 3.63) is 24.4 Å². The van der Waals surface area contributed by atoms with Gasteiger partial charge in [-0.3, -0.25) is 9.07 Å². The second kappa shape index (κ2) is 3.65. The lowest BCUT2D eigenvalue weighted by atomic mass is 10.2. The fraction of sp³-hybridized carbons (Fsp3) is 0.300. The Morgan fingerprint density at radius 2 is 2.29 bits per heavy atom. The van der Waals surface area contributed by atoms with E-state index in [2.05, 4.69) is 5.10 Å². The first kappa shape index (κ1) is 8.99. The molecule has 0 spiro atoms. The minimum atomic E-state index is -0.309. The van der Waals surface area contributed by atoms with Crippen molar-refractivity contribution in [3.8, 4) is 0 Å². The van der Waals surface area contributed by atoms with Gasteiger partial charge in [0.15, 0.2) is 0 Å². The molecule has 0 radical (unpaired) electrons. The van der Waals surface area contributed by atoms with Gasteiger partial charge in [0, 0.05) is 17.6 Å². The van der Waals surface area contributed by atoms with Gasteiger partial charge in [-0.25, -0.2) is 0 Å². The van der Waals surface area contributed by atoms with Crippen LogP contribution in [0.25, 0.3) is 10.9 Å². The summed E-state index contributed by atoms with van der Waals surface area (Å²) in [4.78, 5) is 0. The number of rotatable bonds is 3. The average Bonchev–Trinajstić information content (AvgIpc) is 2.57. The van der Waals surface area contributed by atoms with Crippen LogP contribution in [-0.2, 0) is 6.54 Å². The van der Waals surface area contributed by atoms with E-state index in [4.69, 9.17) is 5.73 Å². The highest BCUT2D eigenvalue weighted by Crippen LogP contribution is 2.16. The Labute approximate surface area is 81.3 Å². The Hall–Kier alpha value is -1.58. The van der Waals surface area contributed by atoms with Crippen LogP contribution in [-0.4, -0.2) is 16.5 Å². The number of benzene rings is 1. The van der Waals surface area contributed by atoms with Gasteiger partial charge in [0.05, 0.1) is 18.4 Å². The molecule has 74 valence electrons. The number of aryl methyl sites for hydroxylation is 1. The highest BCUT2D eigenvalue weighted by Gasteiger charge is 2.01. The Kier molecular flexibility index (Phi) is 2.35. The van der Waals surface area contributed by atoms with Crippen LogP contribution in [0.1, 0.15) is 6.42 Å². The Morgan fingerprint density at radius 1 is 1.43 bits per heavy atom. The maximum Gasteiger partial charge on any atom is 0.0912 e. The first-order valence-corrected chi connectivity index (χ1v) is 4.58. The number of fused-ring (bicyclic) bond motifs is 1. The highest BCUT2D eigenvalue weighted by molar-refractivity contribution is 5.81. The van der Waals surface area contributed by atoms with Gasteiger partial charge in [0.2, 0.25) is 0 Å². The van der Waals surface area contributed by atoms with Crippen LogP contribution >= 0.6 is 0 Å². The molecule has 0 atom stereocenters. The normalized spacial score (nSPS) is 10.9. The lowest BCUT2D eigenvalue weighted by Gasteiger charge is -2.01. The first-order chi connectivity index (χ1) is 6.81. The summed E-state index contributed by atoms with van der Waals surface area (Å²) in [7, 11) is 0. The standard InChI is InChI=1S/C10H12FN3/c11-4-1-5-14-10-3-2-9(12)6-8(10)7-13-14/h2-3,6-7H,1,4-5,12H2. The summed E-state index contributed by atoms with van der Waals surface area (Å²) in [5.41, 5.74) is 7.37. The molecule has 1 aromatic heterocycles. The van der Waals surface area contributed by atoms with E-state index in [1.165, 1.54) is 0 Å². The number of halogens is 1. The van der Waals surface area contributed by atoms with E-state index in [0.717, 1.165) is 16.6 Å². The zero-order valence-corrected chi connectivity index (χ0v) is 7.78. The number of nitrogens with two attached hydrogens (primary N) is 1. The van der Waals surface area contributed by atoms with Crippen LogP contribution < -0.4 is 5.73 Å². The van der Waals surface area contributed by atoms with E-state index in [9.17, 15) is 4.39 Å². The average molecular weight is 193 g/mol. The van der Waals surface area contributed by atoms with Gasteiger partial charge >= 0.3 is 0 Å². The van der Waals surface area contributed by atoms with E-state index < -0.39 is 0 Å². The SMILES string of the molecule is Nc1ccc2c(cnn2CCCF)c1. The summed E-state index contributed by atoms with van der Waals surface area (Å²) in [5, 5.41) is 5.17. The Bertz CT molecular complexity index is 436. The number of hydrogen-bond donors (Lipinski definition) is 1. The molecule has 0 aliphatic rings. The molecular weight excluding hydrogens is 181 g/mol. The van der Waals surface area contributed by atoms with Crippen LogP contribution in [0.5, 0.6) is 0 Å². The summed E-state index contributed by atoms with van der Waals surface area (Å²) in [6, 6.07) is 5.61. The third-order valence-electron chi connectivity index (χ3n) is 2.17. The first-order valence-electron chi connectivity index (χ1n) is 4.58. The quantitative estimate of drug-likeness (QED) is 0.757. The molecule has 0 fully saturated rings. The summed E-state index contributed by atoms with van der Waals surface area (Å²) >= 11 is 0. The molecule has 0 aliphatic carbocycles. The molecule has 0 unspecified atom stereocenters. The van der Waals surface area contributed by atoms with Crippen molar-refractivity contribution in [1.29, 1.82) is 0 Å². The minimum absolute atomic E-state index is 0.309. The monoisotopic (exact) mass is 193 g/mol. The Morgan fingerprint density at radius 3 is 3.07 bits per heavy atom. The lowest BCUT2D eigenvalue weighted by Crippen LogP contribution is -2.00. The van der Waals surface area contributed by atoms with Crippen molar-refractivity contribution < 1.29 is 4.39 Å². The summed E-state index contributed by atoms with van der Waals surface area (Å²) in [6.07, 6.45) is 2.26. The van der Waals surface area contributed by atoms with E-state index in [-0.39, 0.29) is 6.67 Å². The van der Waals surface area contributed by atoms with Crippen molar-refractivity contribution in [2.75, 3.05) is 12.4 Å². The van der Waals surface area contributed by atoms with Gasteiger partial charge in [-0.05, 0) is 24.6 Å².